The Morgan fingerprint density at radius 1 is 0.227 bits per heavy atom. The van der Waals surface area contributed by atoms with Crippen LogP contribution < -0.4 is 0 Å². The molecule has 0 fully saturated rings. The highest BCUT2D eigenvalue weighted by atomic mass is 16.6. The third kappa shape index (κ3) is 63.1. The molecule has 0 N–H and O–H groups in total. The van der Waals surface area contributed by atoms with Crippen LogP contribution in [-0.2, 0) is 28.6 Å². The molecule has 75 heavy (non-hydrogen) atoms. The summed E-state index contributed by atoms with van der Waals surface area (Å²) in [6.45, 7) is 13.8. The minimum atomic E-state index is -0.765. The summed E-state index contributed by atoms with van der Waals surface area (Å²) in [4.78, 5) is 38.4. The van der Waals surface area contributed by atoms with E-state index < -0.39 is 6.10 Å². The van der Waals surface area contributed by atoms with Crippen LogP contribution >= 0.6 is 0 Å². The number of carbonyl (C=O) groups excluding carboxylic acids is 3. The van der Waals surface area contributed by atoms with Crippen LogP contribution in [0.25, 0.3) is 0 Å². The van der Waals surface area contributed by atoms with Crippen molar-refractivity contribution in [1.82, 2.24) is 0 Å². The van der Waals surface area contributed by atoms with E-state index in [1.807, 2.05) is 0 Å². The molecule has 0 radical (unpaired) electrons. The monoisotopic (exact) mass is 1060 g/mol. The van der Waals surface area contributed by atoms with Crippen molar-refractivity contribution in [2.45, 2.75) is 394 Å². The number of rotatable bonds is 62. The van der Waals surface area contributed by atoms with E-state index in [9.17, 15) is 14.4 Å². The zero-order valence-electron chi connectivity index (χ0n) is 51.9. The van der Waals surface area contributed by atoms with Gasteiger partial charge in [-0.1, -0.05) is 350 Å². The van der Waals surface area contributed by atoms with E-state index in [0.717, 1.165) is 75.5 Å². The number of unbranched alkanes of at least 4 members (excludes halogenated alkanes) is 45. The maximum Gasteiger partial charge on any atom is 0.306 e. The molecule has 0 heterocycles. The molecule has 6 heteroatoms. The Morgan fingerprint density at radius 2 is 0.387 bits per heavy atom. The van der Waals surface area contributed by atoms with E-state index in [0.29, 0.717) is 19.3 Å². The Kier molecular flexibility index (Phi) is 58.8. The zero-order valence-corrected chi connectivity index (χ0v) is 51.9. The molecule has 0 aromatic heterocycles. The molecule has 0 aromatic rings. The molecule has 0 spiro atoms. The van der Waals surface area contributed by atoms with Crippen LogP contribution in [0.2, 0.25) is 0 Å². The van der Waals surface area contributed by atoms with Crippen LogP contribution in [0, 0.1) is 17.8 Å². The Bertz CT molecular complexity index is 1160. The number of hydrogen-bond acceptors (Lipinski definition) is 6. The lowest BCUT2D eigenvalue weighted by Crippen LogP contribution is -2.30. The van der Waals surface area contributed by atoms with Crippen LogP contribution in [0.4, 0.5) is 0 Å². The first-order valence-electron chi connectivity index (χ1n) is 34.1. The Balaban J connectivity index is 4.28. The Labute approximate surface area is 469 Å². The number of esters is 3. The largest absolute Gasteiger partial charge is 0.462 e. The van der Waals surface area contributed by atoms with Crippen LogP contribution in [0.15, 0.2) is 0 Å². The molecule has 6 nitrogen and oxygen atoms in total. The highest BCUT2D eigenvalue weighted by Gasteiger charge is 2.20. The minimum absolute atomic E-state index is 0.0620. The summed E-state index contributed by atoms with van der Waals surface area (Å²) in [7, 11) is 0. The summed E-state index contributed by atoms with van der Waals surface area (Å²) in [6, 6.07) is 0. The van der Waals surface area contributed by atoms with Crippen molar-refractivity contribution < 1.29 is 28.6 Å². The quantitative estimate of drug-likeness (QED) is 0.0343. The molecule has 0 bridgehead atoms. The van der Waals surface area contributed by atoms with Gasteiger partial charge in [-0.05, 0) is 37.0 Å². The van der Waals surface area contributed by atoms with E-state index in [-0.39, 0.29) is 31.1 Å². The number of ether oxygens (including phenoxy) is 3. The van der Waals surface area contributed by atoms with Gasteiger partial charge < -0.3 is 14.2 Å². The SMILES string of the molecule is CC(C)CCCCCCCCCCCCCCCCCCCCC(=O)OC[C@@H](COC(=O)CCCCCCCCCCCCCCCCC(C)C)OC(=O)CCCCCCCCCCCCCCCCCCC(C)C. The standard InChI is InChI=1S/C69H134O6/c1-63(2)55-49-43-37-31-25-19-13-9-7-8-10-15-22-28-34-40-46-52-58-67(70)73-61-66(62-74-68(71)59-53-47-41-35-29-23-18-17-21-27-33-39-45-51-57-65(5)6)75-69(72)60-54-48-42-36-30-24-16-12-11-14-20-26-32-38-44-50-56-64(3)4/h63-66H,7-62H2,1-6H3/t66-/m0/s1. The van der Waals surface area contributed by atoms with Crippen LogP contribution in [0.5, 0.6) is 0 Å². The second-order valence-electron chi connectivity index (χ2n) is 25.2. The van der Waals surface area contributed by atoms with E-state index >= 15 is 0 Å². The van der Waals surface area contributed by atoms with Gasteiger partial charge in [0.2, 0.25) is 0 Å². The van der Waals surface area contributed by atoms with Gasteiger partial charge in [0.05, 0.1) is 0 Å². The van der Waals surface area contributed by atoms with Crippen molar-refractivity contribution in [3.63, 3.8) is 0 Å². The second-order valence-corrected chi connectivity index (χ2v) is 25.2. The van der Waals surface area contributed by atoms with E-state index in [2.05, 4.69) is 41.5 Å². The second kappa shape index (κ2) is 60.1. The van der Waals surface area contributed by atoms with Crippen molar-refractivity contribution in [2.24, 2.45) is 17.8 Å². The molecule has 0 saturated carbocycles. The Morgan fingerprint density at radius 3 is 0.573 bits per heavy atom. The lowest BCUT2D eigenvalue weighted by molar-refractivity contribution is -0.167. The number of hydrogen-bond donors (Lipinski definition) is 0. The van der Waals surface area contributed by atoms with E-state index in [4.69, 9.17) is 14.2 Å². The fourth-order valence-electron chi connectivity index (χ4n) is 10.8. The summed E-state index contributed by atoms with van der Waals surface area (Å²) >= 11 is 0. The number of carbonyl (C=O) groups is 3. The maximum atomic E-state index is 12.9. The molecule has 0 unspecified atom stereocenters. The van der Waals surface area contributed by atoms with Gasteiger partial charge in [-0.2, -0.15) is 0 Å². The Hall–Kier alpha value is -1.59. The van der Waals surface area contributed by atoms with Crippen molar-refractivity contribution in [3.8, 4) is 0 Å². The predicted molar refractivity (Wildman–Crippen MR) is 326 cm³/mol. The maximum absolute atomic E-state index is 12.9. The van der Waals surface area contributed by atoms with Gasteiger partial charge in [0.25, 0.3) is 0 Å². The van der Waals surface area contributed by atoms with Crippen molar-refractivity contribution in [3.05, 3.63) is 0 Å². The third-order valence-electron chi connectivity index (χ3n) is 15.9. The van der Waals surface area contributed by atoms with E-state index in [1.54, 1.807) is 0 Å². The van der Waals surface area contributed by atoms with Gasteiger partial charge in [0, 0.05) is 19.3 Å². The lowest BCUT2D eigenvalue weighted by atomic mass is 10.0. The summed E-state index contributed by atoms with van der Waals surface area (Å²) in [5, 5.41) is 0. The average molecular weight is 1060 g/mol. The molecule has 0 rings (SSSR count). The van der Waals surface area contributed by atoms with Crippen molar-refractivity contribution in [1.29, 1.82) is 0 Å². The first kappa shape index (κ1) is 73.4. The fraction of sp³-hybridized carbons (Fsp3) is 0.957. The van der Waals surface area contributed by atoms with Gasteiger partial charge in [-0.15, -0.1) is 0 Å². The van der Waals surface area contributed by atoms with Gasteiger partial charge in [0.1, 0.15) is 13.2 Å². The summed E-state index contributed by atoms with van der Waals surface area (Å²) in [5.41, 5.74) is 0. The zero-order chi connectivity index (χ0) is 54.8. The van der Waals surface area contributed by atoms with Gasteiger partial charge >= 0.3 is 17.9 Å². The van der Waals surface area contributed by atoms with Crippen LogP contribution in [0.3, 0.4) is 0 Å². The minimum Gasteiger partial charge on any atom is -0.462 e. The molecule has 0 aliphatic carbocycles. The molecule has 0 aromatic carbocycles. The molecule has 0 aliphatic rings. The molecule has 0 aliphatic heterocycles. The summed E-state index contributed by atoms with van der Waals surface area (Å²) < 4.78 is 17.0. The van der Waals surface area contributed by atoms with Crippen LogP contribution in [-0.4, -0.2) is 37.2 Å². The first-order chi connectivity index (χ1) is 36.6. The predicted octanol–water partition coefficient (Wildman–Crippen LogP) is 23.0. The average Bonchev–Trinajstić information content (AvgIpc) is 3.38. The van der Waals surface area contributed by atoms with Gasteiger partial charge in [-0.25, -0.2) is 0 Å². The summed E-state index contributed by atoms with van der Waals surface area (Å²) in [6.07, 6.45) is 66.8. The first-order valence-corrected chi connectivity index (χ1v) is 34.1. The van der Waals surface area contributed by atoms with Crippen molar-refractivity contribution in [2.75, 3.05) is 13.2 Å². The topological polar surface area (TPSA) is 78.9 Å². The lowest BCUT2D eigenvalue weighted by Gasteiger charge is -2.18. The summed E-state index contributed by atoms with van der Waals surface area (Å²) in [5.74, 6) is 1.73. The highest BCUT2D eigenvalue weighted by Crippen LogP contribution is 2.20. The molecule has 0 amide bonds. The molecule has 446 valence electrons. The smallest absolute Gasteiger partial charge is 0.306 e. The molecule has 0 saturated heterocycles. The molecule has 1 atom stereocenters. The van der Waals surface area contributed by atoms with Crippen molar-refractivity contribution >= 4 is 17.9 Å². The van der Waals surface area contributed by atoms with Crippen LogP contribution in [0.1, 0.15) is 388 Å². The normalized spacial score (nSPS) is 12.1. The molecular weight excluding hydrogens is 925 g/mol. The third-order valence-corrected chi connectivity index (χ3v) is 15.9. The van der Waals surface area contributed by atoms with Gasteiger partial charge in [-0.3, -0.25) is 14.4 Å². The highest BCUT2D eigenvalue weighted by molar-refractivity contribution is 5.71. The molecular formula is C69H134O6. The van der Waals surface area contributed by atoms with E-state index in [1.165, 1.54) is 270 Å². The fourth-order valence-corrected chi connectivity index (χ4v) is 10.8. The van der Waals surface area contributed by atoms with Gasteiger partial charge in [0.15, 0.2) is 6.10 Å².